The largest absolute Gasteiger partial charge is 0.355 e. The molecule has 5 heteroatoms. The van der Waals surface area contributed by atoms with Gasteiger partial charge in [0, 0.05) is 40.8 Å². The highest BCUT2D eigenvalue weighted by Gasteiger charge is 2.32. The number of hydrogen-bond acceptors (Lipinski definition) is 5. The second kappa shape index (κ2) is 7.34. The molecule has 17 heavy (non-hydrogen) atoms. The van der Waals surface area contributed by atoms with Gasteiger partial charge in [-0.2, -0.15) is 0 Å². The van der Waals surface area contributed by atoms with Crippen LogP contribution in [-0.4, -0.2) is 46.0 Å². The van der Waals surface area contributed by atoms with Gasteiger partial charge in [-0.3, -0.25) is 4.98 Å². The van der Waals surface area contributed by atoms with Gasteiger partial charge in [-0.05, 0) is 11.6 Å². The van der Waals surface area contributed by atoms with Crippen LogP contribution >= 0.6 is 0 Å². The molecule has 0 aliphatic carbocycles. The van der Waals surface area contributed by atoms with E-state index in [4.69, 9.17) is 18.9 Å². The molecule has 0 fully saturated rings. The molecule has 0 saturated carbocycles. The molecule has 5 nitrogen and oxygen atoms in total. The van der Waals surface area contributed by atoms with Crippen LogP contribution in [0.4, 0.5) is 0 Å². The molecule has 1 aromatic heterocycles. The van der Waals surface area contributed by atoms with Crippen molar-refractivity contribution in [1.29, 1.82) is 0 Å². The molecule has 0 bridgehead atoms. The van der Waals surface area contributed by atoms with Gasteiger partial charge in [0.15, 0.2) is 12.6 Å². The highest BCUT2D eigenvalue weighted by molar-refractivity contribution is 5.16. The Morgan fingerprint density at radius 1 is 0.941 bits per heavy atom. The van der Waals surface area contributed by atoms with Gasteiger partial charge in [0.1, 0.15) is 0 Å². The van der Waals surface area contributed by atoms with Gasteiger partial charge < -0.3 is 18.9 Å². The summed E-state index contributed by atoms with van der Waals surface area (Å²) in [6.07, 6.45) is 2.55. The normalized spacial score (nSPS) is 11.7. The molecular weight excluding hydrogens is 222 g/mol. The molecule has 0 aliphatic rings. The van der Waals surface area contributed by atoms with Crippen molar-refractivity contribution in [3.8, 4) is 0 Å². The summed E-state index contributed by atoms with van der Waals surface area (Å²) in [5.41, 5.74) is 0.940. The van der Waals surface area contributed by atoms with Crippen LogP contribution in [0.1, 0.15) is 11.5 Å². The van der Waals surface area contributed by atoms with Gasteiger partial charge in [-0.25, -0.2) is 0 Å². The Kier molecular flexibility index (Phi) is 6.07. The summed E-state index contributed by atoms with van der Waals surface area (Å²) in [6, 6.07) is 3.79. The smallest absolute Gasteiger partial charge is 0.168 e. The van der Waals surface area contributed by atoms with Crippen LogP contribution in [0.5, 0.6) is 0 Å². The van der Waals surface area contributed by atoms with E-state index in [0.717, 1.165) is 5.56 Å². The Morgan fingerprint density at radius 2 is 1.47 bits per heavy atom. The molecule has 1 aromatic rings. The predicted molar refractivity (Wildman–Crippen MR) is 62.6 cm³/mol. The SMILES string of the molecule is COC(OC)C(c1cccnc1)C(OC)OC. The lowest BCUT2D eigenvalue weighted by Crippen LogP contribution is -2.35. The van der Waals surface area contributed by atoms with Crippen LogP contribution in [0.2, 0.25) is 0 Å². The zero-order chi connectivity index (χ0) is 12.7. The summed E-state index contributed by atoms with van der Waals surface area (Å²) in [5, 5.41) is 0. The number of aromatic nitrogens is 1. The zero-order valence-electron chi connectivity index (χ0n) is 10.6. The molecule has 0 saturated heterocycles. The van der Waals surface area contributed by atoms with Crippen molar-refractivity contribution in [1.82, 2.24) is 4.98 Å². The van der Waals surface area contributed by atoms with E-state index in [1.807, 2.05) is 12.1 Å². The molecule has 0 radical (unpaired) electrons. The number of pyridine rings is 1. The Morgan fingerprint density at radius 3 is 1.82 bits per heavy atom. The van der Waals surface area contributed by atoms with Gasteiger partial charge in [-0.15, -0.1) is 0 Å². The molecule has 0 aromatic carbocycles. The molecule has 0 unspecified atom stereocenters. The Labute approximate surface area is 102 Å². The molecular formula is C12H19NO4. The Hall–Kier alpha value is -1.01. The maximum absolute atomic E-state index is 5.29. The van der Waals surface area contributed by atoms with Gasteiger partial charge in [-0.1, -0.05) is 6.07 Å². The van der Waals surface area contributed by atoms with E-state index in [9.17, 15) is 0 Å². The van der Waals surface area contributed by atoms with Crippen LogP contribution in [-0.2, 0) is 18.9 Å². The quantitative estimate of drug-likeness (QED) is 0.675. The molecule has 0 amide bonds. The second-order valence-electron chi connectivity index (χ2n) is 3.49. The maximum Gasteiger partial charge on any atom is 0.168 e. The summed E-state index contributed by atoms with van der Waals surface area (Å²) < 4.78 is 21.2. The first-order valence-corrected chi connectivity index (χ1v) is 5.29. The predicted octanol–water partition coefficient (Wildman–Crippen LogP) is 1.40. The van der Waals surface area contributed by atoms with E-state index in [1.54, 1.807) is 40.8 Å². The molecule has 0 N–H and O–H groups in total. The van der Waals surface area contributed by atoms with Crippen LogP contribution in [0.25, 0.3) is 0 Å². The lowest BCUT2D eigenvalue weighted by molar-refractivity contribution is -0.196. The first-order valence-electron chi connectivity index (χ1n) is 5.29. The van der Waals surface area contributed by atoms with Gasteiger partial charge in [0.05, 0.1) is 5.92 Å². The van der Waals surface area contributed by atoms with Gasteiger partial charge >= 0.3 is 0 Å². The number of hydrogen-bond donors (Lipinski definition) is 0. The number of ether oxygens (including phenoxy) is 4. The van der Waals surface area contributed by atoms with Crippen molar-refractivity contribution in [3.63, 3.8) is 0 Å². The first kappa shape index (κ1) is 14.1. The van der Waals surface area contributed by atoms with Crippen LogP contribution in [0.3, 0.4) is 0 Å². The first-order chi connectivity index (χ1) is 8.28. The van der Waals surface area contributed by atoms with E-state index in [-0.39, 0.29) is 5.92 Å². The zero-order valence-corrected chi connectivity index (χ0v) is 10.6. The van der Waals surface area contributed by atoms with Crippen molar-refractivity contribution in [2.45, 2.75) is 18.5 Å². The van der Waals surface area contributed by atoms with E-state index in [2.05, 4.69) is 4.98 Å². The summed E-state index contributed by atoms with van der Waals surface area (Å²) in [4.78, 5) is 4.09. The van der Waals surface area contributed by atoms with Gasteiger partial charge in [0.2, 0.25) is 0 Å². The van der Waals surface area contributed by atoms with E-state index in [1.165, 1.54) is 0 Å². The maximum atomic E-state index is 5.29. The number of rotatable bonds is 7. The van der Waals surface area contributed by atoms with E-state index in [0.29, 0.717) is 0 Å². The third kappa shape index (κ3) is 3.47. The Bertz CT molecular complexity index is 287. The van der Waals surface area contributed by atoms with Gasteiger partial charge in [0.25, 0.3) is 0 Å². The third-order valence-corrected chi connectivity index (χ3v) is 2.58. The topological polar surface area (TPSA) is 49.8 Å². The second-order valence-corrected chi connectivity index (χ2v) is 3.49. The minimum Gasteiger partial charge on any atom is -0.355 e. The van der Waals surface area contributed by atoms with Crippen molar-refractivity contribution < 1.29 is 18.9 Å². The fourth-order valence-corrected chi connectivity index (χ4v) is 1.79. The molecule has 0 spiro atoms. The summed E-state index contributed by atoms with van der Waals surface area (Å²) in [5.74, 6) is -0.200. The van der Waals surface area contributed by atoms with Crippen molar-refractivity contribution in [2.24, 2.45) is 0 Å². The fourth-order valence-electron chi connectivity index (χ4n) is 1.79. The van der Waals surface area contributed by atoms with Crippen LogP contribution < -0.4 is 0 Å². The minimum atomic E-state index is -0.455. The lowest BCUT2D eigenvalue weighted by Gasteiger charge is -2.30. The average Bonchev–Trinajstić information content (AvgIpc) is 2.40. The number of nitrogens with zero attached hydrogens (tertiary/aromatic N) is 1. The molecule has 1 heterocycles. The Balaban J connectivity index is 3.01. The van der Waals surface area contributed by atoms with E-state index < -0.39 is 12.6 Å². The fraction of sp³-hybridized carbons (Fsp3) is 0.583. The monoisotopic (exact) mass is 241 g/mol. The molecule has 0 atom stereocenters. The standard InChI is InChI=1S/C12H19NO4/c1-14-11(15-2)10(12(16-3)17-4)9-6-5-7-13-8-9/h5-8,10-12H,1-4H3. The van der Waals surface area contributed by atoms with E-state index >= 15 is 0 Å². The summed E-state index contributed by atoms with van der Waals surface area (Å²) >= 11 is 0. The van der Waals surface area contributed by atoms with Crippen LogP contribution in [0.15, 0.2) is 24.5 Å². The average molecular weight is 241 g/mol. The molecule has 0 aliphatic heterocycles. The minimum absolute atomic E-state index is 0.200. The highest BCUT2D eigenvalue weighted by atomic mass is 16.7. The van der Waals surface area contributed by atoms with Crippen molar-refractivity contribution in [3.05, 3.63) is 30.1 Å². The van der Waals surface area contributed by atoms with Crippen molar-refractivity contribution in [2.75, 3.05) is 28.4 Å². The molecule has 96 valence electrons. The summed E-state index contributed by atoms with van der Waals surface area (Å²) in [6.45, 7) is 0. The molecule has 1 rings (SSSR count). The summed E-state index contributed by atoms with van der Waals surface area (Å²) in [7, 11) is 6.33. The third-order valence-electron chi connectivity index (χ3n) is 2.58. The number of methoxy groups -OCH3 is 4. The van der Waals surface area contributed by atoms with Crippen molar-refractivity contribution >= 4 is 0 Å². The van der Waals surface area contributed by atoms with Crippen LogP contribution in [0, 0.1) is 0 Å². The lowest BCUT2D eigenvalue weighted by atomic mass is 9.99. The highest BCUT2D eigenvalue weighted by Crippen LogP contribution is 2.27.